The molecule has 2 aromatic carbocycles. The van der Waals surface area contributed by atoms with E-state index in [9.17, 15) is 4.79 Å². The number of para-hydroxylation sites is 1. The maximum atomic E-state index is 11.9. The van der Waals surface area contributed by atoms with E-state index in [1.165, 1.54) is 5.56 Å². The van der Waals surface area contributed by atoms with E-state index in [0.717, 1.165) is 17.1 Å². The number of anilines is 1. The van der Waals surface area contributed by atoms with Crippen molar-refractivity contribution in [3.63, 3.8) is 0 Å². The summed E-state index contributed by atoms with van der Waals surface area (Å²) in [7, 11) is 2.03. The Balaban J connectivity index is 1.66. The number of likely N-dealkylation sites (N-methyl/N-ethyl adjacent to an activating group) is 1. The number of thioether (sulfide) groups is 1. The first kappa shape index (κ1) is 16.4. The van der Waals surface area contributed by atoms with Gasteiger partial charge < -0.3 is 10.2 Å². The van der Waals surface area contributed by atoms with Crippen molar-refractivity contribution in [2.75, 3.05) is 30.8 Å². The molecule has 0 fully saturated rings. The van der Waals surface area contributed by atoms with Crippen molar-refractivity contribution < 1.29 is 4.79 Å². The van der Waals surface area contributed by atoms with E-state index in [2.05, 4.69) is 53.5 Å². The first-order valence-electron chi connectivity index (χ1n) is 7.37. The van der Waals surface area contributed by atoms with Crippen LogP contribution in [-0.2, 0) is 4.79 Å². The van der Waals surface area contributed by atoms with Crippen LogP contribution in [0.15, 0.2) is 59.5 Å². The Labute approximate surface area is 136 Å². The lowest BCUT2D eigenvalue weighted by Crippen LogP contribution is -2.33. The van der Waals surface area contributed by atoms with Gasteiger partial charge in [-0.15, -0.1) is 11.8 Å². The zero-order valence-electron chi connectivity index (χ0n) is 13.1. The number of hydrogen-bond donors (Lipinski definition) is 1. The molecule has 0 saturated carbocycles. The van der Waals surface area contributed by atoms with Gasteiger partial charge in [0, 0.05) is 30.7 Å². The van der Waals surface area contributed by atoms with E-state index in [1.807, 2.05) is 25.2 Å². The lowest BCUT2D eigenvalue weighted by molar-refractivity contribution is -0.118. The number of rotatable bonds is 7. The number of carbonyl (C=O) groups excluding carboxylic acids is 1. The summed E-state index contributed by atoms with van der Waals surface area (Å²) in [5, 5.41) is 2.96. The average Bonchev–Trinajstić information content (AvgIpc) is 2.55. The Kier molecular flexibility index (Phi) is 6.34. The van der Waals surface area contributed by atoms with Crippen molar-refractivity contribution in [3.8, 4) is 0 Å². The highest BCUT2D eigenvalue weighted by molar-refractivity contribution is 8.00. The van der Waals surface area contributed by atoms with Crippen LogP contribution < -0.4 is 10.2 Å². The summed E-state index contributed by atoms with van der Waals surface area (Å²) in [4.78, 5) is 15.1. The molecule has 0 bridgehead atoms. The number of aryl methyl sites for hydroxylation is 1. The normalized spacial score (nSPS) is 10.3. The predicted molar refractivity (Wildman–Crippen MR) is 94.6 cm³/mol. The second kappa shape index (κ2) is 8.49. The van der Waals surface area contributed by atoms with E-state index in [4.69, 9.17) is 0 Å². The van der Waals surface area contributed by atoms with Gasteiger partial charge in [-0.25, -0.2) is 0 Å². The Bertz CT molecular complexity index is 584. The summed E-state index contributed by atoms with van der Waals surface area (Å²) < 4.78 is 0. The lowest BCUT2D eigenvalue weighted by atomic mass is 10.2. The highest BCUT2D eigenvalue weighted by Gasteiger charge is 2.04. The largest absolute Gasteiger partial charge is 0.373 e. The van der Waals surface area contributed by atoms with Crippen LogP contribution in [0, 0.1) is 6.92 Å². The SMILES string of the molecule is Cc1ccc(SCC(=O)NCCN(C)c2ccccc2)cc1. The van der Waals surface area contributed by atoms with Crippen molar-refractivity contribution >= 4 is 23.4 Å². The van der Waals surface area contributed by atoms with Crippen molar-refractivity contribution in [2.45, 2.75) is 11.8 Å². The number of hydrogen-bond acceptors (Lipinski definition) is 3. The number of nitrogens with zero attached hydrogens (tertiary/aromatic N) is 1. The Morgan fingerprint density at radius 1 is 1.09 bits per heavy atom. The van der Waals surface area contributed by atoms with Gasteiger partial charge in [0.15, 0.2) is 0 Å². The maximum Gasteiger partial charge on any atom is 0.230 e. The Morgan fingerprint density at radius 3 is 2.45 bits per heavy atom. The maximum absolute atomic E-state index is 11.9. The molecular formula is C18H22N2OS. The Hall–Kier alpha value is -1.94. The van der Waals surface area contributed by atoms with Gasteiger partial charge in [-0.1, -0.05) is 35.9 Å². The lowest BCUT2D eigenvalue weighted by Gasteiger charge is -2.19. The molecule has 0 heterocycles. The van der Waals surface area contributed by atoms with E-state index < -0.39 is 0 Å². The third kappa shape index (κ3) is 5.45. The standard InChI is InChI=1S/C18H22N2OS/c1-15-8-10-17(11-9-15)22-14-18(21)19-12-13-20(2)16-6-4-3-5-7-16/h3-11H,12-14H2,1-2H3,(H,19,21). The fraction of sp³-hybridized carbons (Fsp3) is 0.278. The molecule has 0 spiro atoms. The molecule has 0 aliphatic carbocycles. The van der Waals surface area contributed by atoms with Gasteiger partial charge in [0.25, 0.3) is 0 Å². The van der Waals surface area contributed by atoms with Gasteiger partial charge in [0.1, 0.15) is 0 Å². The van der Waals surface area contributed by atoms with Crippen LogP contribution in [0.4, 0.5) is 5.69 Å². The summed E-state index contributed by atoms with van der Waals surface area (Å²) in [6, 6.07) is 18.4. The van der Waals surface area contributed by atoms with Crippen LogP contribution in [0.3, 0.4) is 0 Å². The van der Waals surface area contributed by atoms with Crippen LogP contribution in [-0.4, -0.2) is 31.8 Å². The summed E-state index contributed by atoms with van der Waals surface area (Å²) in [6.07, 6.45) is 0. The number of nitrogens with one attached hydrogen (secondary N) is 1. The Morgan fingerprint density at radius 2 is 1.77 bits per heavy atom. The van der Waals surface area contributed by atoms with Crippen LogP contribution in [0.1, 0.15) is 5.56 Å². The summed E-state index contributed by atoms with van der Waals surface area (Å²) in [5.74, 6) is 0.532. The van der Waals surface area contributed by atoms with Gasteiger partial charge in [-0.05, 0) is 31.2 Å². The smallest absolute Gasteiger partial charge is 0.230 e. The van der Waals surface area contributed by atoms with E-state index in [0.29, 0.717) is 12.3 Å². The monoisotopic (exact) mass is 314 g/mol. The van der Waals surface area contributed by atoms with Gasteiger partial charge in [0.05, 0.1) is 5.75 Å². The fourth-order valence-electron chi connectivity index (χ4n) is 2.01. The van der Waals surface area contributed by atoms with Crippen LogP contribution >= 0.6 is 11.8 Å². The number of carbonyl (C=O) groups is 1. The summed E-state index contributed by atoms with van der Waals surface area (Å²) in [5.41, 5.74) is 2.39. The minimum absolute atomic E-state index is 0.0760. The third-order valence-corrected chi connectivity index (χ3v) is 4.37. The molecule has 0 radical (unpaired) electrons. The second-order valence-corrected chi connectivity index (χ2v) is 6.26. The van der Waals surface area contributed by atoms with Crippen molar-refractivity contribution in [1.29, 1.82) is 0 Å². The van der Waals surface area contributed by atoms with E-state index in [1.54, 1.807) is 11.8 Å². The molecule has 0 unspecified atom stereocenters. The molecule has 0 saturated heterocycles. The molecule has 0 atom stereocenters. The van der Waals surface area contributed by atoms with Crippen molar-refractivity contribution in [2.24, 2.45) is 0 Å². The molecule has 0 aliphatic heterocycles. The molecule has 22 heavy (non-hydrogen) atoms. The predicted octanol–water partition coefficient (Wildman–Crippen LogP) is 3.34. The molecule has 3 nitrogen and oxygen atoms in total. The molecule has 2 rings (SSSR count). The van der Waals surface area contributed by atoms with E-state index in [-0.39, 0.29) is 5.91 Å². The van der Waals surface area contributed by atoms with Gasteiger partial charge >= 0.3 is 0 Å². The van der Waals surface area contributed by atoms with Crippen molar-refractivity contribution in [1.82, 2.24) is 5.32 Å². The first-order valence-corrected chi connectivity index (χ1v) is 8.36. The highest BCUT2D eigenvalue weighted by atomic mass is 32.2. The van der Waals surface area contributed by atoms with Gasteiger partial charge in [-0.3, -0.25) is 4.79 Å². The van der Waals surface area contributed by atoms with Gasteiger partial charge in [-0.2, -0.15) is 0 Å². The molecule has 1 amide bonds. The molecule has 0 aliphatic rings. The molecule has 116 valence electrons. The molecule has 0 aromatic heterocycles. The van der Waals surface area contributed by atoms with E-state index >= 15 is 0 Å². The molecule has 2 aromatic rings. The first-order chi connectivity index (χ1) is 10.6. The van der Waals surface area contributed by atoms with Gasteiger partial charge in [0.2, 0.25) is 5.91 Å². The highest BCUT2D eigenvalue weighted by Crippen LogP contribution is 2.17. The summed E-state index contributed by atoms with van der Waals surface area (Å²) in [6.45, 7) is 3.51. The second-order valence-electron chi connectivity index (χ2n) is 5.21. The topological polar surface area (TPSA) is 32.3 Å². The quantitative estimate of drug-likeness (QED) is 0.796. The van der Waals surface area contributed by atoms with Crippen LogP contribution in [0.5, 0.6) is 0 Å². The summed E-state index contributed by atoms with van der Waals surface area (Å²) >= 11 is 1.57. The van der Waals surface area contributed by atoms with Crippen LogP contribution in [0.2, 0.25) is 0 Å². The minimum atomic E-state index is 0.0760. The molecule has 4 heteroatoms. The van der Waals surface area contributed by atoms with Crippen molar-refractivity contribution in [3.05, 3.63) is 60.2 Å². The minimum Gasteiger partial charge on any atom is -0.373 e. The average molecular weight is 314 g/mol. The third-order valence-electron chi connectivity index (χ3n) is 3.36. The number of benzene rings is 2. The molecular weight excluding hydrogens is 292 g/mol. The zero-order valence-corrected chi connectivity index (χ0v) is 13.9. The fourth-order valence-corrected chi connectivity index (χ4v) is 2.74. The number of amides is 1. The van der Waals surface area contributed by atoms with Crippen LogP contribution in [0.25, 0.3) is 0 Å². The molecule has 1 N–H and O–H groups in total. The zero-order chi connectivity index (χ0) is 15.8.